The summed E-state index contributed by atoms with van der Waals surface area (Å²) in [5.74, 6) is 1.01. The number of methoxy groups -OCH3 is 1. The summed E-state index contributed by atoms with van der Waals surface area (Å²) in [6.45, 7) is 6.62. The summed E-state index contributed by atoms with van der Waals surface area (Å²) >= 11 is 0. The standard InChI is InChI=1S/C12H22N2O2/c1-11-12(4-8-16-11)10-14(2)7-5-13-6-9-15-3/h4,8,13H,5-7,9-10H2,1-3H3. The maximum Gasteiger partial charge on any atom is 0.105 e. The minimum absolute atomic E-state index is 0.768. The van der Waals surface area contributed by atoms with Crippen LogP contribution in [0.25, 0.3) is 0 Å². The highest BCUT2D eigenvalue weighted by Gasteiger charge is 2.04. The molecule has 0 aromatic carbocycles. The van der Waals surface area contributed by atoms with Crippen molar-refractivity contribution in [1.29, 1.82) is 0 Å². The monoisotopic (exact) mass is 226 g/mol. The summed E-state index contributed by atoms with van der Waals surface area (Å²) < 4.78 is 10.2. The lowest BCUT2D eigenvalue weighted by Crippen LogP contribution is -2.30. The molecule has 16 heavy (non-hydrogen) atoms. The van der Waals surface area contributed by atoms with E-state index in [1.54, 1.807) is 13.4 Å². The van der Waals surface area contributed by atoms with Gasteiger partial charge in [-0.25, -0.2) is 0 Å². The number of hydrogen-bond donors (Lipinski definition) is 1. The molecule has 0 unspecified atom stereocenters. The number of aryl methyl sites for hydroxylation is 1. The van der Waals surface area contributed by atoms with Crippen molar-refractivity contribution in [3.8, 4) is 0 Å². The summed E-state index contributed by atoms with van der Waals surface area (Å²) in [7, 11) is 3.83. The highest BCUT2D eigenvalue weighted by Crippen LogP contribution is 2.10. The molecule has 0 aliphatic carbocycles. The van der Waals surface area contributed by atoms with Crippen molar-refractivity contribution in [1.82, 2.24) is 10.2 Å². The SMILES string of the molecule is COCCNCCN(C)Cc1ccoc1C. The van der Waals surface area contributed by atoms with Crippen molar-refractivity contribution in [2.75, 3.05) is 40.4 Å². The van der Waals surface area contributed by atoms with Gasteiger partial charge in [0, 0.05) is 38.9 Å². The summed E-state index contributed by atoms with van der Waals surface area (Å²) in [4.78, 5) is 2.28. The average Bonchev–Trinajstić information content (AvgIpc) is 2.64. The second-order valence-corrected chi connectivity index (χ2v) is 3.98. The van der Waals surface area contributed by atoms with E-state index in [9.17, 15) is 0 Å². The molecule has 1 N–H and O–H groups in total. The zero-order valence-electron chi connectivity index (χ0n) is 10.5. The Morgan fingerprint density at radius 3 is 2.88 bits per heavy atom. The number of rotatable bonds is 8. The van der Waals surface area contributed by atoms with Crippen molar-refractivity contribution in [2.24, 2.45) is 0 Å². The number of likely N-dealkylation sites (N-methyl/N-ethyl adjacent to an activating group) is 1. The third kappa shape index (κ3) is 4.79. The molecular formula is C12H22N2O2. The Labute approximate surface area is 97.6 Å². The Morgan fingerprint density at radius 2 is 2.25 bits per heavy atom. The smallest absolute Gasteiger partial charge is 0.105 e. The first-order chi connectivity index (χ1) is 7.74. The lowest BCUT2D eigenvalue weighted by Gasteiger charge is -2.16. The molecule has 1 aromatic rings. The zero-order chi connectivity index (χ0) is 11.8. The molecule has 0 saturated carbocycles. The van der Waals surface area contributed by atoms with Crippen molar-refractivity contribution in [3.63, 3.8) is 0 Å². The Morgan fingerprint density at radius 1 is 1.44 bits per heavy atom. The van der Waals surface area contributed by atoms with Gasteiger partial charge in [0.2, 0.25) is 0 Å². The van der Waals surface area contributed by atoms with Crippen molar-refractivity contribution >= 4 is 0 Å². The van der Waals surface area contributed by atoms with Crippen LogP contribution in [0.4, 0.5) is 0 Å². The molecule has 0 spiro atoms. The molecule has 4 heteroatoms. The van der Waals surface area contributed by atoms with E-state index < -0.39 is 0 Å². The summed E-state index contributed by atoms with van der Waals surface area (Å²) in [5.41, 5.74) is 1.26. The summed E-state index contributed by atoms with van der Waals surface area (Å²) in [5, 5.41) is 3.32. The molecular weight excluding hydrogens is 204 g/mol. The highest BCUT2D eigenvalue weighted by molar-refractivity contribution is 5.14. The van der Waals surface area contributed by atoms with Crippen LogP contribution >= 0.6 is 0 Å². The molecule has 0 aliphatic heterocycles. The van der Waals surface area contributed by atoms with E-state index in [0.717, 1.165) is 38.5 Å². The normalized spacial score (nSPS) is 11.2. The van der Waals surface area contributed by atoms with E-state index in [4.69, 9.17) is 9.15 Å². The predicted octanol–water partition coefficient (Wildman–Crippen LogP) is 1.26. The van der Waals surface area contributed by atoms with Gasteiger partial charge < -0.3 is 19.4 Å². The molecule has 0 fully saturated rings. The minimum Gasteiger partial charge on any atom is -0.469 e. The fourth-order valence-corrected chi connectivity index (χ4v) is 1.51. The van der Waals surface area contributed by atoms with Gasteiger partial charge in [0.05, 0.1) is 12.9 Å². The van der Waals surface area contributed by atoms with Crippen LogP contribution in [0.3, 0.4) is 0 Å². The van der Waals surface area contributed by atoms with Crippen LogP contribution in [0.15, 0.2) is 16.7 Å². The molecule has 1 heterocycles. The van der Waals surface area contributed by atoms with Gasteiger partial charge in [0.25, 0.3) is 0 Å². The van der Waals surface area contributed by atoms with Crippen molar-refractivity contribution in [3.05, 3.63) is 23.7 Å². The Kier molecular flexibility index (Phi) is 6.15. The molecule has 0 atom stereocenters. The van der Waals surface area contributed by atoms with Gasteiger partial charge in [-0.2, -0.15) is 0 Å². The molecule has 0 amide bonds. The van der Waals surface area contributed by atoms with Crippen LogP contribution in [0, 0.1) is 6.92 Å². The fourth-order valence-electron chi connectivity index (χ4n) is 1.51. The number of ether oxygens (including phenoxy) is 1. The lowest BCUT2D eigenvalue weighted by atomic mass is 10.2. The molecule has 92 valence electrons. The number of nitrogens with zero attached hydrogens (tertiary/aromatic N) is 1. The van der Waals surface area contributed by atoms with Crippen molar-refractivity contribution in [2.45, 2.75) is 13.5 Å². The first-order valence-electron chi connectivity index (χ1n) is 5.65. The van der Waals surface area contributed by atoms with Gasteiger partial charge in [-0.05, 0) is 20.0 Å². The largest absolute Gasteiger partial charge is 0.469 e. The van der Waals surface area contributed by atoms with Crippen LogP contribution in [0.2, 0.25) is 0 Å². The van der Waals surface area contributed by atoms with Gasteiger partial charge in [-0.15, -0.1) is 0 Å². The van der Waals surface area contributed by atoms with Crippen LogP contribution in [-0.2, 0) is 11.3 Å². The van der Waals surface area contributed by atoms with Gasteiger partial charge in [0.15, 0.2) is 0 Å². The van der Waals surface area contributed by atoms with E-state index >= 15 is 0 Å². The van der Waals surface area contributed by atoms with Gasteiger partial charge in [-0.3, -0.25) is 0 Å². The third-order valence-electron chi connectivity index (χ3n) is 2.56. The Bertz CT molecular complexity index is 286. The van der Waals surface area contributed by atoms with E-state index in [1.807, 2.05) is 13.0 Å². The molecule has 0 bridgehead atoms. The topological polar surface area (TPSA) is 37.6 Å². The number of furan rings is 1. The maximum atomic E-state index is 5.26. The van der Waals surface area contributed by atoms with E-state index in [2.05, 4.69) is 17.3 Å². The molecule has 4 nitrogen and oxygen atoms in total. The second-order valence-electron chi connectivity index (χ2n) is 3.98. The van der Waals surface area contributed by atoms with Crippen LogP contribution in [0.5, 0.6) is 0 Å². The van der Waals surface area contributed by atoms with E-state index in [1.165, 1.54) is 5.56 Å². The predicted molar refractivity (Wildman–Crippen MR) is 64.5 cm³/mol. The lowest BCUT2D eigenvalue weighted by molar-refractivity contribution is 0.197. The zero-order valence-corrected chi connectivity index (χ0v) is 10.5. The number of hydrogen-bond acceptors (Lipinski definition) is 4. The minimum atomic E-state index is 0.768. The van der Waals surface area contributed by atoms with Crippen LogP contribution in [0.1, 0.15) is 11.3 Å². The molecule has 0 radical (unpaired) electrons. The Hall–Kier alpha value is -0.840. The first kappa shape index (κ1) is 13.2. The maximum absolute atomic E-state index is 5.26. The molecule has 0 saturated heterocycles. The van der Waals surface area contributed by atoms with Crippen LogP contribution in [-0.4, -0.2) is 45.3 Å². The summed E-state index contributed by atoms with van der Waals surface area (Å²) in [6.07, 6.45) is 1.75. The second kappa shape index (κ2) is 7.44. The molecule has 0 aliphatic rings. The van der Waals surface area contributed by atoms with Gasteiger partial charge in [-0.1, -0.05) is 0 Å². The number of nitrogens with one attached hydrogen (secondary N) is 1. The fraction of sp³-hybridized carbons (Fsp3) is 0.667. The highest BCUT2D eigenvalue weighted by atomic mass is 16.5. The van der Waals surface area contributed by atoms with E-state index in [-0.39, 0.29) is 0 Å². The van der Waals surface area contributed by atoms with Crippen LogP contribution < -0.4 is 5.32 Å². The molecule has 1 aromatic heterocycles. The van der Waals surface area contributed by atoms with Crippen molar-refractivity contribution < 1.29 is 9.15 Å². The average molecular weight is 226 g/mol. The van der Waals surface area contributed by atoms with Gasteiger partial charge in [0.1, 0.15) is 5.76 Å². The Balaban J connectivity index is 2.11. The quantitative estimate of drug-likeness (QED) is 0.677. The molecule has 1 rings (SSSR count). The van der Waals surface area contributed by atoms with E-state index in [0.29, 0.717) is 0 Å². The van der Waals surface area contributed by atoms with Gasteiger partial charge >= 0.3 is 0 Å². The third-order valence-corrected chi connectivity index (χ3v) is 2.56. The summed E-state index contributed by atoms with van der Waals surface area (Å²) in [6, 6.07) is 2.03. The first-order valence-corrected chi connectivity index (χ1v) is 5.65.